The van der Waals surface area contributed by atoms with Gasteiger partial charge in [0, 0.05) is 18.7 Å². The van der Waals surface area contributed by atoms with E-state index in [0.29, 0.717) is 12.2 Å². The fourth-order valence-corrected chi connectivity index (χ4v) is 4.27. The molecule has 5 heteroatoms. The number of likely N-dealkylation sites (N-methyl/N-ethyl adjacent to an activating group) is 1. The van der Waals surface area contributed by atoms with Crippen LogP contribution in [0.15, 0.2) is 18.3 Å². The van der Waals surface area contributed by atoms with Gasteiger partial charge in [-0.15, -0.1) is 0 Å². The fraction of sp³-hybridized carbons (Fsp3) is 0.667. The maximum atomic E-state index is 4.97. The van der Waals surface area contributed by atoms with E-state index in [1.807, 2.05) is 12.3 Å². The van der Waals surface area contributed by atoms with Crippen LogP contribution in [-0.2, 0) is 6.42 Å². The predicted octanol–water partition coefficient (Wildman–Crippen LogP) is 2.68. The highest BCUT2D eigenvalue weighted by Crippen LogP contribution is 2.30. The number of piperidine rings is 1. The molecule has 0 aromatic carbocycles. The fourth-order valence-electron chi connectivity index (χ4n) is 4.27. The molecule has 0 bridgehead atoms. The summed E-state index contributed by atoms with van der Waals surface area (Å²) in [6.07, 6.45) is 9.73. The van der Waals surface area contributed by atoms with Gasteiger partial charge in [0.2, 0.25) is 0 Å². The molecular weight excluding hydrogens is 286 g/mol. The molecule has 4 heterocycles. The summed E-state index contributed by atoms with van der Waals surface area (Å²) in [5.74, 6) is 1.22. The molecule has 0 aliphatic carbocycles. The average molecular weight is 313 g/mol. The van der Waals surface area contributed by atoms with E-state index in [9.17, 15) is 0 Å². The molecule has 2 fully saturated rings. The first-order valence-corrected chi connectivity index (χ1v) is 8.96. The first-order chi connectivity index (χ1) is 11.2. The summed E-state index contributed by atoms with van der Waals surface area (Å²) in [6.45, 7) is 2.38. The molecular formula is C18H27N5. The van der Waals surface area contributed by atoms with Crippen molar-refractivity contribution in [1.29, 1.82) is 0 Å². The van der Waals surface area contributed by atoms with Gasteiger partial charge in [0.05, 0.1) is 6.17 Å². The minimum atomic E-state index is 0.408. The SMILES string of the molecule is CN1CCCC1Cc1nc2cccnc2n1C1CCCCN1C. The molecule has 5 nitrogen and oxygen atoms in total. The van der Waals surface area contributed by atoms with Gasteiger partial charge in [-0.25, -0.2) is 9.97 Å². The number of hydrogen-bond acceptors (Lipinski definition) is 4. The van der Waals surface area contributed by atoms with Crippen LogP contribution in [0, 0.1) is 0 Å². The quantitative estimate of drug-likeness (QED) is 0.873. The summed E-state index contributed by atoms with van der Waals surface area (Å²) in [7, 11) is 4.49. The number of rotatable bonds is 3. The van der Waals surface area contributed by atoms with Gasteiger partial charge in [-0.1, -0.05) is 0 Å². The van der Waals surface area contributed by atoms with Gasteiger partial charge in [-0.3, -0.25) is 9.47 Å². The van der Waals surface area contributed by atoms with Crippen molar-refractivity contribution in [3.05, 3.63) is 24.2 Å². The first kappa shape index (κ1) is 15.1. The van der Waals surface area contributed by atoms with Crippen molar-refractivity contribution in [2.75, 3.05) is 27.2 Å². The molecule has 2 unspecified atom stereocenters. The van der Waals surface area contributed by atoms with Crippen LogP contribution in [0.1, 0.15) is 44.1 Å². The van der Waals surface area contributed by atoms with Crippen molar-refractivity contribution >= 4 is 11.2 Å². The Morgan fingerprint density at radius 3 is 2.74 bits per heavy atom. The highest BCUT2D eigenvalue weighted by Gasteiger charge is 2.29. The highest BCUT2D eigenvalue weighted by atomic mass is 15.3. The lowest BCUT2D eigenvalue weighted by Crippen LogP contribution is -2.36. The minimum absolute atomic E-state index is 0.408. The summed E-state index contributed by atoms with van der Waals surface area (Å²) in [5, 5.41) is 0. The average Bonchev–Trinajstić information content (AvgIpc) is 3.12. The van der Waals surface area contributed by atoms with Crippen LogP contribution < -0.4 is 0 Å². The molecule has 124 valence electrons. The number of fused-ring (bicyclic) bond motifs is 1. The van der Waals surface area contributed by atoms with Gasteiger partial charge < -0.3 is 4.90 Å². The van der Waals surface area contributed by atoms with Crippen LogP contribution in [0.5, 0.6) is 0 Å². The predicted molar refractivity (Wildman–Crippen MR) is 92.4 cm³/mol. The third-order valence-electron chi connectivity index (χ3n) is 5.64. The van der Waals surface area contributed by atoms with E-state index < -0.39 is 0 Å². The summed E-state index contributed by atoms with van der Waals surface area (Å²) >= 11 is 0. The third-order valence-corrected chi connectivity index (χ3v) is 5.64. The second-order valence-corrected chi connectivity index (χ2v) is 7.18. The van der Waals surface area contributed by atoms with Crippen LogP contribution in [0.4, 0.5) is 0 Å². The normalized spacial score (nSPS) is 27.0. The Bertz CT molecular complexity index is 679. The molecule has 23 heavy (non-hydrogen) atoms. The highest BCUT2D eigenvalue weighted by molar-refractivity contribution is 5.71. The number of nitrogens with zero attached hydrogens (tertiary/aromatic N) is 5. The zero-order valence-corrected chi connectivity index (χ0v) is 14.3. The van der Waals surface area contributed by atoms with Gasteiger partial charge in [-0.05, 0) is 71.4 Å². The van der Waals surface area contributed by atoms with E-state index in [1.54, 1.807) is 0 Å². The van der Waals surface area contributed by atoms with Crippen molar-refractivity contribution in [2.24, 2.45) is 0 Å². The van der Waals surface area contributed by atoms with E-state index in [1.165, 1.54) is 51.0 Å². The van der Waals surface area contributed by atoms with Crippen LogP contribution in [-0.4, -0.2) is 57.6 Å². The van der Waals surface area contributed by atoms with Gasteiger partial charge in [0.1, 0.15) is 11.3 Å². The number of aromatic nitrogens is 3. The molecule has 0 N–H and O–H groups in total. The Kier molecular flexibility index (Phi) is 4.07. The standard InChI is InChI=1S/C18H27N5/c1-21-12-6-7-14(21)13-16-20-15-8-5-10-19-18(15)23(16)17-9-3-4-11-22(17)2/h5,8,10,14,17H,3-4,6-7,9,11-13H2,1-2H3. The van der Waals surface area contributed by atoms with Crippen LogP contribution in [0.3, 0.4) is 0 Å². The number of likely N-dealkylation sites (tertiary alicyclic amines) is 2. The Morgan fingerprint density at radius 1 is 1.09 bits per heavy atom. The summed E-state index contributed by atoms with van der Waals surface area (Å²) in [4.78, 5) is 14.6. The molecule has 0 saturated carbocycles. The number of hydrogen-bond donors (Lipinski definition) is 0. The zero-order chi connectivity index (χ0) is 15.8. The molecule has 2 atom stereocenters. The van der Waals surface area contributed by atoms with E-state index in [0.717, 1.165) is 17.6 Å². The molecule has 0 radical (unpaired) electrons. The number of imidazole rings is 1. The first-order valence-electron chi connectivity index (χ1n) is 8.96. The third kappa shape index (κ3) is 2.76. The topological polar surface area (TPSA) is 37.2 Å². The van der Waals surface area contributed by atoms with Crippen molar-refractivity contribution in [3.63, 3.8) is 0 Å². The molecule has 2 aliphatic heterocycles. The van der Waals surface area contributed by atoms with Gasteiger partial charge in [-0.2, -0.15) is 0 Å². The van der Waals surface area contributed by atoms with Gasteiger partial charge in [0.25, 0.3) is 0 Å². The molecule has 0 amide bonds. The van der Waals surface area contributed by atoms with Gasteiger partial charge in [0.15, 0.2) is 5.65 Å². The summed E-state index contributed by atoms with van der Waals surface area (Å²) < 4.78 is 2.43. The Hall–Kier alpha value is -1.46. The summed E-state index contributed by atoms with van der Waals surface area (Å²) in [5.41, 5.74) is 2.10. The molecule has 4 rings (SSSR count). The molecule has 2 aromatic heterocycles. The van der Waals surface area contributed by atoms with Crippen molar-refractivity contribution < 1.29 is 0 Å². The van der Waals surface area contributed by atoms with Crippen LogP contribution in [0.25, 0.3) is 11.2 Å². The van der Waals surface area contributed by atoms with E-state index >= 15 is 0 Å². The maximum absolute atomic E-state index is 4.97. The molecule has 2 aliphatic rings. The van der Waals surface area contributed by atoms with Crippen LogP contribution in [0.2, 0.25) is 0 Å². The maximum Gasteiger partial charge on any atom is 0.161 e. The van der Waals surface area contributed by atoms with Gasteiger partial charge >= 0.3 is 0 Å². The van der Waals surface area contributed by atoms with E-state index in [-0.39, 0.29) is 0 Å². The smallest absolute Gasteiger partial charge is 0.161 e. The second kappa shape index (κ2) is 6.21. The largest absolute Gasteiger partial charge is 0.303 e. The van der Waals surface area contributed by atoms with Crippen molar-refractivity contribution in [3.8, 4) is 0 Å². The molecule has 0 spiro atoms. The lowest BCUT2D eigenvalue weighted by Gasteiger charge is -2.34. The lowest BCUT2D eigenvalue weighted by molar-refractivity contribution is 0.126. The van der Waals surface area contributed by atoms with E-state index in [2.05, 4.69) is 39.5 Å². The Labute approximate surface area is 138 Å². The van der Waals surface area contributed by atoms with Crippen molar-refractivity contribution in [2.45, 2.75) is 50.7 Å². The van der Waals surface area contributed by atoms with E-state index in [4.69, 9.17) is 4.98 Å². The summed E-state index contributed by atoms with van der Waals surface area (Å²) in [6, 6.07) is 4.72. The molecule has 2 aromatic rings. The zero-order valence-electron chi connectivity index (χ0n) is 14.3. The Morgan fingerprint density at radius 2 is 1.96 bits per heavy atom. The molecule has 2 saturated heterocycles. The van der Waals surface area contributed by atoms with Crippen molar-refractivity contribution in [1.82, 2.24) is 24.3 Å². The Balaban J connectivity index is 1.74. The lowest BCUT2D eigenvalue weighted by atomic mass is 10.1. The number of pyridine rings is 1. The second-order valence-electron chi connectivity index (χ2n) is 7.18. The van der Waals surface area contributed by atoms with Crippen LogP contribution >= 0.6 is 0 Å². The minimum Gasteiger partial charge on any atom is -0.303 e. The monoisotopic (exact) mass is 313 g/mol.